The number of aromatic nitrogens is 3. The van der Waals surface area contributed by atoms with Crippen LogP contribution in [0.1, 0.15) is 28.3 Å². The molecule has 0 radical (unpaired) electrons. The number of carboxylic acids is 1. The summed E-state index contributed by atoms with van der Waals surface area (Å²) in [5.41, 5.74) is 2.10. The van der Waals surface area contributed by atoms with Crippen molar-refractivity contribution in [3.05, 3.63) is 117 Å². The first kappa shape index (κ1) is 31.9. The van der Waals surface area contributed by atoms with Gasteiger partial charge >= 0.3 is 5.97 Å². The number of hydrogen-bond acceptors (Lipinski definition) is 8. The highest BCUT2D eigenvalue weighted by Gasteiger charge is 2.35. The van der Waals surface area contributed by atoms with E-state index in [9.17, 15) is 14.7 Å². The van der Waals surface area contributed by atoms with Gasteiger partial charge in [0.1, 0.15) is 23.0 Å². The van der Waals surface area contributed by atoms with Gasteiger partial charge in [-0.1, -0.05) is 53.5 Å². The number of carbonyl (C=O) groups is 1. The Bertz CT molecular complexity index is 2030. The van der Waals surface area contributed by atoms with Crippen LogP contribution in [0.4, 0.5) is 11.5 Å². The molecule has 5 aromatic rings. The topological polar surface area (TPSA) is 104 Å². The zero-order valence-corrected chi connectivity index (χ0v) is 28.0. The molecule has 7 rings (SSSR count). The van der Waals surface area contributed by atoms with Gasteiger partial charge in [0, 0.05) is 49.4 Å². The zero-order valence-electron chi connectivity index (χ0n) is 26.5. The number of aromatic carboxylic acids is 1. The molecule has 48 heavy (non-hydrogen) atoms. The molecule has 0 spiro atoms. The van der Waals surface area contributed by atoms with Gasteiger partial charge in [0.05, 0.1) is 34.2 Å². The molecule has 2 aliphatic heterocycles. The van der Waals surface area contributed by atoms with Crippen LogP contribution in [-0.4, -0.2) is 82.9 Å². The summed E-state index contributed by atoms with van der Waals surface area (Å²) in [5, 5.41) is 10.9. The van der Waals surface area contributed by atoms with E-state index < -0.39 is 11.4 Å². The summed E-state index contributed by atoms with van der Waals surface area (Å²) < 4.78 is 7.85. The number of hydrogen-bond donors (Lipinski definition) is 1. The van der Waals surface area contributed by atoms with Crippen molar-refractivity contribution in [1.29, 1.82) is 0 Å². The molecule has 10 nitrogen and oxygen atoms in total. The Kier molecular flexibility index (Phi) is 8.72. The van der Waals surface area contributed by atoms with Gasteiger partial charge in [-0.25, -0.2) is 14.8 Å². The number of halogens is 2. The Labute approximate surface area is 287 Å². The molecule has 2 aliphatic rings. The number of likely N-dealkylation sites (N-methyl/N-ethyl adjacent to an activating group) is 1. The van der Waals surface area contributed by atoms with Crippen molar-refractivity contribution in [2.75, 3.05) is 50.1 Å². The van der Waals surface area contributed by atoms with Gasteiger partial charge in [-0.15, -0.1) is 0 Å². The second kappa shape index (κ2) is 13.1. The monoisotopic (exact) mass is 684 g/mol. The summed E-state index contributed by atoms with van der Waals surface area (Å²) in [6, 6.07) is 21.4. The number of fused-ring (bicyclic) bond motifs is 1. The number of carboxylic acid groups (broad SMARTS) is 1. The molecule has 1 unspecified atom stereocenters. The summed E-state index contributed by atoms with van der Waals surface area (Å²) >= 11 is 13.3. The minimum atomic E-state index is -1.31. The SMILES string of the molecule is CN(C)C1CN(c2ccc(-n3cc(C(=O)O)c(=O)c4cc(Cl)c(N5CC(c6ccccc6)C[C@@H]5COc5ncccc5Cl)cc43)cn2)C1. The van der Waals surface area contributed by atoms with Crippen LogP contribution in [0.3, 0.4) is 0 Å². The third-order valence-electron chi connectivity index (χ3n) is 9.36. The van der Waals surface area contributed by atoms with Crippen LogP contribution in [0.2, 0.25) is 10.0 Å². The fourth-order valence-electron chi connectivity index (χ4n) is 6.59. The third-order valence-corrected chi connectivity index (χ3v) is 9.95. The second-order valence-corrected chi connectivity index (χ2v) is 13.3. The number of pyridine rings is 3. The van der Waals surface area contributed by atoms with Gasteiger partial charge in [0.15, 0.2) is 0 Å². The maximum Gasteiger partial charge on any atom is 0.341 e. The molecule has 246 valence electrons. The number of anilines is 2. The van der Waals surface area contributed by atoms with Gasteiger partial charge in [-0.05, 0) is 62.5 Å². The van der Waals surface area contributed by atoms with Crippen LogP contribution >= 0.6 is 23.2 Å². The molecule has 2 atom stereocenters. The molecule has 2 saturated heterocycles. The lowest BCUT2D eigenvalue weighted by Crippen LogP contribution is -2.57. The van der Waals surface area contributed by atoms with Crippen molar-refractivity contribution in [3.63, 3.8) is 0 Å². The molecule has 0 aliphatic carbocycles. The molecule has 1 N–H and O–H groups in total. The van der Waals surface area contributed by atoms with Crippen LogP contribution in [0.5, 0.6) is 5.88 Å². The lowest BCUT2D eigenvalue weighted by atomic mass is 9.97. The Hall–Kier alpha value is -4.64. The fourth-order valence-corrected chi connectivity index (χ4v) is 7.03. The minimum absolute atomic E-state index is 0.106. The maximum absolute atomic E-state index is 13.5. The average molecular weight is 686 g/mol. The van der Waals surface area contributed by atoms with Gasteiger partial charge < -0.3 is 29.1 Å². The number of benzene rings is 2. The highest BCUT2D eigenvalue weighted by atomic mass is 35.5. The molecule has 0 amide bonds. The second-order valence-electron chi connectivity index (χ2n) is 12.5. The molecule has 12 heteroatoms. The van der Waals surface area contributed by atoms with Crippen LogP contribution in [-0.2, 0) is 0 Å². The van der Waals surface area contributed by atoms with Crippen molar-refractivity contribution in [3.8, 4) is 11.6 Å². The van der Waals surface area contributed by atoms with E-state index in [1.807, 2.05) is 36.4 Å². The Morgan fingerprint density at radius 1 is 1.00 bits per heavy atom. The zero-order chi connectivity index (χ0) is 33.5. The molecular weight excluding hydrogens is 651 g/mol. The van der Waals surface area contributed by atoms with Crippen molar-refractivity contribution in [2.45, 2.75) is 24.4 Å². The first-order valence-electron chi connectivity index (χ1n) is 15.7. The first-order chi connectivity index (χ1) is 23.2. The highest BCUT2D eigenvalue weighted by Crippen LogP contribution is 2.40. The van der Waals surface area contributed by atoms with E-state index in [4.69, 9.17) is 32.9 Å². The van der Waals surface area contributed by atoms with Crippen LogP contribution in [0.15, 0.2) is 90.1 Å². The van der Waals surface area contributed by atoms with Gasteiger partial charge in [0.2, 0.25) is 11.3 Å². The molecule has 5 heterocycles. The fraction of sp³-hybridized carbons (Fsp3) is 0.278. The Morgan fingerprint density at radius 3 is 2.48 bits per heavy atom. The van der Waals surface area contributed by atoms with E-state index in [0.717, 1.165) is 25.3 Å². The molecule has 3 aromatic heterocycles. The van der Waals surface area contributed by atoms with E-state index in [1.54, 1.807) is 35.2 Å². The van der Waals surface area contributed by atoms with E-state index in [0.29, 0.717) is 52.0 Å². The van der Waals surface area contributed by atoms with Crippen molar-refractivity contribution in [2.24, 2.45) is 0 Å². The molecule has 2 fully saturated rings. The van der Waals surface area contributed by atoms with Crippen LogP contribution < -0.4 is 20.0 Å². The van der Waals surface area contributed by atoms with Crippen molar-refractivity contribution < 1.29 is 14.6 Å². The van der Waals surface area contributed by atoms with Crippen LogP contribution in [0.25, 0.3) is 16.6 Å². The number of rotatable bonds is 9. The maximum atomic E-state index is 13.5. The smallest absolute Gasteiger partial charge is 0.341 e. The van der Waals surface area contributed by atoms with Gasteiger partial charge in [-0.2, -0.15) is 0 Å². The number of ether oxygens (including phenoxy) is 1. The third kappa shape index (κ3) is 6.07. The lowest BCUT2D eigenvalue weighted by molar-refractivity contribution is 0.0695. The number of nitrogens with zero attached hydrogens (tertiary/aromatic N) is 6. The molecule has 0 saturated carbocycles. The van der Waals surface area contributed by atoms with Gasteiger partial charge in [-0.3, -0.25) is 4.79 Å². The minimum Gasteiger partial charge on any atom is -0.477 e. The molecule has 0 bridgehead atoms. The normalized spacial score (nSPS) is 18.0. The summed E-state index contributed by atoms with van der Waals surface area (Å²) in [6.07, 6.45) is 5.49. The highest BCUT2D eigenvalue weighted by molar-refractivity contribution is 6.34. The first-order valence-corrected chi connectivity index (χ1v) is 16.5. The Balaban J connectivity index is 1.29. The Morgan fingerprint density at radius 2 is 1.79 bits per heavy atom. The van der Waals surface area contributed by atoms with E-state index in [2.05, 4.69) is 45.9 Å². The molecule has 2 aromatic carbocycles. The molecular formula is C36H34Cl2N6O4. The van der Waals surface area contributed by atoms with E-state index >= 15 is 0 Å². The lowest BCUT2D eigenvalue weighted by Gasteiger charge is -2.43. The van der Waals surface area contributed by atoms with Crippen molar-refractivity contribution >= 4 is 51.6 Å². The predicted molar refractivity (Wildman–Crippen MR) is 189 cm³/mol. The summed E-state index contributed by atoms with van der Waals surface area (Å²) in [5.74, 6) is 0.0664. The van der Waals surface area contributed by atoms with Crippen molar-refractivity contribution in [1.82, 2.24) is 19.4 Å². The largest absolute Gasteiger partial charge is 0.477 e. The standard InChI is InChI=1S/C36H34Cl2N6O4/c1-41(2)26-18-42(19-26)33-11-10-24(16-40-33)44-20-28(36(46)47)34(45)27-14-30(38)32(15-31(27)44)43-17-23(22-7-4-3-5-8-22)13-25(43)21-48-35-29(37)9-6-12-39-35/h3-12,14-16,20,23,25-26H,13,17-19,21H2,1-2H3,(H,46,47)/t23?,25-/m1/s1. The quantitative estimate of drug-likeness (QED) is 0.201. The predicted octanol–water partition coefficient (Wildman–Crippen LogP) is 5.98. The van der Waals surface area contributed by atoms with Crippen LogP contribution in [0, 0.1) is 0 Å². The summed E-state index contributed by atoms with van der Waals surface area (Å²) in [7, 11) is 4.13. The summed E-state index contributed by atoms with van der Waals surface area (Å²) in [6.45, 7) is 2.71. The van der Waals surface area contributed by atoms with E-state index in [1.165, 1.54) is 11.8 Å². The average Bonchev–Trinajstić information content (AvgIpc) is 3.48. The van der Waals surface area contributed by atoms with E-state index in [-0.39, 0.29) is 22.9 Å². The van der Waals surface area contributed by atoms with Gasteiger partial charge in [0.25, 0.3) is 0 Å². The summed E-state index contributed by atoms with van der Waals surface area (Å²) in [4.78, 5) is 41.2.